The van der Waals surface area contributed by atoms with Crippen LogP contribution in [0.3, 0.4) is 0 Å². The quantitative estimate of drug-likeness (QED) is 0.416. The minimum atomic E-state index is -0.308. The molecule has 27 heavy (non-hydrogen) atoms. The standard InChI is InChI=1S/C22H19N3O2/c1-15-20(19-8-4-5-9-21(19)24-15)13-23-25-22(26)14-27-18-11-10-16-6-2-3-7-17(16)12-18/h2-13,24H,14H2,1H3,(H,25,26). The summed E-state index contributed by atoms with van der Waals surface area (Å²) in [5.41, 5.74) is 5.52. The van der Waals surface area contributed by atoms with Gasteiger partial charge in [-0.1, -0.05) is 48.5 Å². The van der Waals surface area contributed by atoms with Crippen LogP contribution in [0.1, 0.15) is 11.3 Å². The second kappa shape index (κ2) is 7.33. The van der Waals surface area contributed by atoms with E-state index in [0.29, 0.717) is 5.75 Å². The van der Waals surface area contributed by atoms with Crippen LogP contribution in [-0.4, -0.2) is 23.7 Å². The molecule has 0 bridgehead atoms. The Morgan fingerprint density at radius 3 is 2.74 bits per heavy atom. The van der Waals surface area contributed by atoms with Crippen molar-refractivity contribution < 1.29 is 9.53 Å². The maximum absolute atomic E-state index is 12.0. The Labute approximate surface area is 156 Å². The van der Waals surface area contributed by atoms with Crippen LogP contribution in [0.2, 0.25) is 0 Å². The van der Waals surface area contributed by atoms with E-state index in [1.54, 1.807) is 6.21 Å². The maximum Gasteiger partial charge on any atom is 0.277 e. The van der Waals surface area contributed by atoms with Crippen molar-refractivity contribution >= 4 is 33.8 Å². The fraction of sp³-hybridized carbons (Fsp3) is 0.0909. The molecule has 0 fully saturated rings. The van der Waals surface area contributed by atoms with Crippen LogP contribution >= 0.6 is 0 Å². The number of fused-ring (bicyclic) bond motifs is 2. The van der Waals surface area contributed by atoms with E-state index in [0.717, 1.165) is 32.9 Å². The van der Waals surface area contributed by atoms with Gasteiger partial charge < -0.3 is 9.72 Å². The fourth-order valence-electron chi connectivity index (χ4n) is 3.07. The number of benzene rings is 3. The lowest BCUT2D eigenvalue weighted by Crippen LogP contribution is -2.24. The first-order valence-corrected chi connectivity index (χ1v) is 8.71. The van der Waals surface area contributed by atoms with E-state index in [-0.39, 0.29) is 12.5 Å². The molecule has 4 rings (SSSR count). The van der Waals surface area contributed by atoms with E-state index in [1.165, 1.54) is 0 Å². The first-order valence-electron chi connectivity index (χ1n) is 8.71. The number of hydrogen-bond donors (Lipinski definition) is 2. The summed E-state index contributed by atoms with van der Waals surface area (Å²) in [7, 11) is 0. The van der Waals surface area contributed by atoms with Crippen molar-refractivity contribution in [2.75, 3.05) is 6.61 Å². The summed E-state index contributed by atoms with van der Waals surface area (Å²) in [5.74, 6) is 0.345. The Kier molecular flexibility index (Phi) is 4.58. The third kappa shape index (κ3) is 3.67. The molecule has 1 heterocycles. The van der Waals surface area contributed by atoms with E-state index in [4.69, 9.17) is 4.74 Å². The summed E-state index contributed by atoms with van der Waals surface area (Å²) in [4.78, 5) is 15.3. The highest BCUT2D eigenvalue weighted by Gasteiger charge is 2.06. The van der Waals surface area contributed by atoms with Crippen molar-refractivity contribution in [2.45, 2.75) is 6.92 Å². The van der Waals surface area contributed by atoms with E-state index in [2.05, 4.69) is 15.5 Å². The largest absolute Gasteiger partial charge is 0.484 e. The fourth-order valence-corrected chi connectivity index (χ4v) is 3.07. The molecule has 0 spiro atoms. The van der Waals surface area contributed by atoms with Crippen molar-refractivity contribution in [2.24, 2.45) is 5.10 Å². The summed E-state index contributed by atoms with van der Waals surface area (Å²) >= 11 is 0. The van der Waals surface area contributed by atoms with Gasteiger partial charge in [-0.2, -0.15) is 5.10 Å². The van der Waals surface area contributed by atoms with Crippen molar-refractivity contribution in [3.8, 4) is 5.75 Å². The number of nitrogens with one attached hydrogen (secondary N) is 2. The number of rotatable bonds is 5. The number of hydrazone groups is 1. The zero-order valence-corrected chi connectivity index (χ0v) is 14.9. The molecular weight excluding hydrogens is 338 g/mol. The first-order chi connectivity index (χ1) is 13.2. The van der Waals surface area contributed by atoms with Gasteiger partial charge >= 0.3 is 0 Å². The van der Waals surface area contributed by atoms with Gasteiger partial charge in [0, 0.05) is 22.2 Å². The molecule has 5 nitrogen and oxygen atoms in total. The van der Waals surface area contributed by atoms with Crippen LogP contribution in [0.25, 0.3) is 21.7 Å². The molecular formula is C22H19N3O2. The highest BCUT2D eigenvalue weighted by atomic mass is 16.5. The Morgan fingerprint density at radius 1 is 1.07 bits per heavy atom. The lowest BCUT2D eigenvalue weighted by atomic mass is 10.1. The average Bonchev–Trinajstić information content (AvgIpc) is 3.01. The number of aryl methyl sites for hydroxylation is 1. The van der Waals surface area contributed by atoms with Gasteiger partial charge in [-0.25, -0.2) is 5.43 Å². The van der Waals surface area contributed by atoms with E-state index in [9.17, 15) is 4.79 Å². The molecule has 0 aliphatic rings. The predicted molar refractivity (Wildman–Crippen MR) is 108 cm³/mol. The van der Waals surface area contributed by atoms with Gasteiger partial charge in [0.05, 0.1) is 6.21 Å². The lowest BCUT2D eigenvalue weighted by Gasteiger charge is -2.06. The predicted octanol–water partition coefficient (Wildman–Crippen LogP) is 4.16. The maximum atomic E-state index is 12.0. The number of carbonyl (C=O) groups excluding carboxylic acids is 1. The topological polar surface area (TPSA) is 66.5 Å². The Hall–Kier alpha value is -3.60. The molecule has 0 aliphatic carbocycles. The molecule has 0 saturated carbocycles. The van der Waals surface area contributed by atoms with Crippen molar-refractivity contribution in [3.05, 3.63) is 78.0 Å². The Bertz CT molecular complexity index is 1140. The monoisotopic (exact) mass is 357 g/mol. The van der Waals surface area contributed by atoms with Crippen molar-refractivity contribution in [3.63, 3.8) is 0 Å². The van der Waals surface area contributed by atoms with Crippen LogP contribution in [0, 0.1) is 6.92 Å². The highest BCUT2D eigenvalue weighted by molar-refractivity contribution is 6.00. The third-order valence-corrected chi connectivity index (χ3v) is 4.42. The normalized spacial score (nSPS) is 11.3. The van der Waals surface area contributed by atoms with Gasteiger partial charge in [0.1, 0.15) is 5.75 Å². The molecule has 1 aromatic heterocycles. The van der Waals surface area contributed by atoms with Gasteiger partial charge in [0.2, 0.25) is 0 Å². The van der Waals surface area contributed by atoms with E-state index >= 15 is 0 Å². The molecule has 1 amide bonds. The summed E-state index contributed by atoms with van der Waals surface area (Å²) in [5, 5.41) is 7.34. The number of carbonyl (C=O) groups is 1. The van der Waals surface area contributed by atoms with E-state index in [1.807, 2.05) is 73.7 Å². The van der Waals surface area contributed by atoms with Crippen LogP contribution in [0.15, 0.2) is 71.8 Å². The van der Waals surface area contributed by atoms with Crippen LogP contribution in [0.5, 0.6) is 5.75 Å². The molecule has 134 valence electrons. The molecule has 0 atom stereocenters. The average molecular weight is 357 g/mol. The van der Waals surface area contributed by atoms with Crippen molar-refractivity contribution in [1.82, 2.24) is 10.4 Å². The Balaban J connectivity index is 1.37. The number of para-hydroxylation sites is 1. The number of aromatic amines is 1. The third-order valence-electron chi connectivity index (χ3n) is 4.42. The van der Waals surface area contributed by atoms with Gasteiger partial charge in [0.15, 0.2) is 6.61 Å². The van der Waals surface area contributed by atoms with Gasteiger partial charge in [-0.05, 0) is 35.9 Å². The lowest BCUT2D eigenvalue weighted by molar-refractivity contribution is -0.123. The van der Waals surface area contributed by atoms with Gasteiger partial charge in [-0.15, -0.1) is 0 Å². The molecule has 3 aromatic carbocycles. The van der Waals surface area contributed by atoms with Gasteiger partial charge in [0.25, 0.3) is 5.91 Å². The summed E-state index contributed by atoms with van der Waals surface area (Å²) in [6, 6.07) is 21.7. The molecule has 0 aliphatic heterocycles. The number of hydrogen-bond acceptors (Lipinski definition) is 3. The summed E-state index contributed by atoms with van der Waals surface area (Å²) in [6.07, 6.45) is 1.65. The van der Waals surface area contributed by atoms with Crippen molar-refractivity contribution in [1.29, 1.82) is 0 Å². The molecule has 0 radical (unpaired) electrons. The second-order valence-electron chi connectivity index (χ2n) is 6.30. The van der Waals surface area contributed by atoms with Gasteiger partial charge in [-0.3, -0.25) is 4.79 Å². The molecule has 0 unspecified atom stereocenters. The zero-order valence-electron chi connectivity index (χ0n) is 14.9. The minimum Gasteiger partial charge on any atom is -0.484 e. The molecule has 4 aromatic rings. The summed E-state index contributed by atoms with van der Waals surface area (Å²) in [6.45, 7) is 1.88. The highest BCUT2D eigenvalue weighted by Crippen LogP contribution is 2.21. The van der Waals surface area contributed by atoms with E-state index < -0.39 is 0 Å². The number of aromatic nitrogens is 1. The number of H-pyrrole nitrogens is 1. The molecule has 5 heteroatoms. The molecule has 2 N–H and O–H groups in total. The first kappa shape index (κ1) is 16.8. The number of ether oxygens (including phenoxy) is 1. The molecule has 0 saturated heterocycles. The smallest absolute Gasteiger partial charge is 0.277 e. The SMILES string of the molecule is Cc1[nH]c2ccccc2c1C=NNC(=O)COc1ccc2ccccc2c1. The Morgan fingerprint density at radius 2 is 1.85 bits per heavy atom. The minimum absolute atomic E-state index is 0.0947. The van der Waals surface area contributed by atoms with Crippen LogP contribution in [-0.2, 0) is 4.79 Å². The van der Waals surface area contributed by atoms with Crippen LogP contribution in [0.4, 0.5) is 0 Å². The zero-order chi connectivity index (χ0) is 18.6. The number of amides is 1. The number of nitrogens with zero attached hydrogens (tertiary/aromatic N) is 1. The summed E-state index contributed by atoms with van der Waals surface area (Å²) < 4.78 is 5.57. The van der Waals surface area contributed by atoms with Crippen LogP contribution < -0.4 is 10.2 Å². The second-order valence-corrected chi connectivity index (χ2v) is 6.30.